The Morgan fingerprint density at radius 3 is 2.73 bits per heavy atom. The zero-order valence-corrected chi connectivity index (χ0v) is 20.1. The van der Waals surface area contributed by atoms with Gasteiger partial charge >= 0.3 is 0 Å². The number of hydrogen-bond acceptors (Lipinski definition) is 4. The number of hydrogen-bond donors (Lipinski definition) is 2. The summed E-state index contributed by atoms with van der Waals surface area (Å²) in [5.41, 5.74) is 6.26. The molecule has 0 radical (unpaired) electrons. The van der Waals surface area contributed by atoms with Gasteiger partial charge in [-0.1, -0.05) is 25.5 Å². The van der Waals surface area contributed by atoms with Gasteiger partial charge < -0.3 is 19.7 Å². The molecule has 5 heteroatoms. The molecule has 33 heavy (non-hydrogen) atoms. The number of phenolic OH excluding ortho intramolecular Hbond substituents is 1. The van der Waals surface area contributed by atoms with E-state index >= 15 is 0 Å². The monoisotopic (exact) mass is 447 g/mol. The normalized spacial score (nSPS) is 19.6. The van der Waals surface area contributed by atoms with E-state index in [1.54, 1.807) is 6.07 Å². The van der Waals surface area contributed by atoms with Crippen LogP contribution in [-0.4, -0.2) is 59.7 Å². The summed E-state index contributed by atoms with van der Waals surface area (Å²) in [5, 5.41) is 11.2. The van der Waals surface area contributed by atoms with Crippen LogP contribution >= 0.6 is 0 Å². The number of likely N-dealkylation sites (N-methyl/N-ethyl adjacent to an activating group) is 1. The lowest BCUT2D eigenvalue weighted by molar-refractivity contribution is 0.204. The number of piperidine rings is 1. The maximum atomic E-state index is 10.0. The van der Waals surface area contributed by atoms with E-state index in [1.807, 2.05) is 12.1 Å². The Bertz CT molecular complexity index is 1100. The molecule has 3 heterocycles. The van der Waals surface area contributed by atoms with Gasteiger partial charge in [0.05, 0.1) is 12.6 Å². The van der Waals surface area contributed by atoms with Gasteiger partial charge in [-0.05, 0) is 93.2 Å². The van der Waals surface area contributed by atoms with Crippen molar-refractivity contribution in [3.05, 3.63) is 58.8 Å². The Kier molecular flexibility index (Phi) is 6.61. The first-order chi connectivity index (χ1) is 16.1. The number of aromatic hydroxyl groups is 1. The quantitative estimate of drug-likeness (QED) is 0.485. The maximum Gasteiger partial charge on any atom is 0.122 e. The third-order valence-corrected chi connectivity index (χ3v) is 7.46. The van der Waals surface area contributed by atoms with Crippen molar-refractivity contribution in [2.24, 2.45) is 0 Å². The number of rotatable bonds is 7. The van der Waals surface area contributed by atoms with Gasteiger partial charge in [-0.15, -0.1) is 0 Å². The van der Waals surface area contributed by atoms with E-state index in [-0.39, 0.29) is 6.04 Å². The van der Waals surface area contributed by atoms with Gasteiger partial charge in [0.1, 0.15) is 11.5 Å². The Balaban J connectivity index is 1.34. The number of aromatic nitrogens is 1. The van der Waals surface area contributed by atoms with Gasteiger partial charge in [0.2, 0.25) is 0 Å². The molecule has 0 saturated carbocycles. The molecule has 0 bridgehead atoms. The molecule has 176 valence electrons. The van der Waals surface area contributed by atoms with Crippen molar-refractivity contribution in [2.45, 2.75) is 51.5 Å². The minimum Gasteiger partial charge on any atom is -0.508 e. The maximum absolute atomic E-state index is 10.0. The molecule has 2 N–H and O–H groups in total. The molecule has 1 unspecified atom stereocenters. The molecule has 1 aromatic heterocycles. The lowest BCUT2D eigenvalue weighted by Gasteiger charge is -2.33. The summed E-state index contributed by atoms with van der Waals surface area (Å²) in [7, 11) is 2.20. The number of benzene rings is 2. The van der Waals surface area contributed by atoms with Crippen LogP contribution in [0.15, 0.2) is 36.4 Å². The standard InChI is InChI=1S/C28H37N3O2/c1-3-20-18-21(8-11-26(20)33-17-7-15-31-13-5-4-6-14-31)28-27-23(12-16-30(28)2)24-19-22(32)9-10-25(24)29-27/h8-11,18-19,28-29,32H,3-7,12-17H2,1-2H3. The second kappa shape index (κ2) is 9.78. The van der Waals surface area contributed by atoms with Crippen molar-refractivity contribution in [1.82, 2.24) is 14.8 Å². The molecule has 5 rings (SSSR count). The van der Waals surface area contributed by atoms with E-state index in [0.29, 0.717) is 5.75 Å². The number of nitrogens with zero attached hydrogens (tertiary/aromatic N) is 2. The summed E-state index contributed by atoms with van der Waals surface area (Å²) in [5.74, 6) is 1.36. The summed E-state index contributed by atoms with van der Waals surface area (Å²) in [6.07, 6.45) is 7.11. The molecule has 0 amide bonds. The van der Waals surface area contributed by atoms with Crippen LogP contribution in [0.2, 0.25) is 0 Å². The first kappa shape index (κ1) is 22.3. The summed E-state index contributed by atoms with van der Waals surface area (Å²) >= 11 is 0. The van der Waals surface area contributed by atoms with Crippen molar-refractivity contribution in [1.29, 1.82) is 0 Å². The summed E-state index contributed by atoms with van der Waals surface area (Å²) in [6.45, 7) is 7.63. The van der Waals surface area contributed by atoms with E-state index < -0.39 is 0 Å². The van der Waals surface area contributed by atoms with Crippen molar-refractivity contribution in [2.75, 3.05) is 39.8 Å². The van der Waals surface area contributed by atoms with Crippen LogP contribution in [0.1, 0.15) is 61.0 Å². The third kappa shape index (κ3) is 4.62. The van der Waals surface area contributed by atoms with Crippen molar-refractivity contribution >= 4 is 10.9 Å². The average molecular weight is 448 g/mol. The Morgan fingerprint density at radius 2 is 1.91 bits per heavy atom. The van der Waals surface area contributed by atoms with Crippen LogP contribution in [0, 0.1) is 0 Å². The molecule has 2 aliphatic rings. The summed E-state index contributed by atoms with van der Waals surface area (Å²) in [6, 6.07) is 12.6. The molecule has 2 aliphatic heterocycles. The fourth-order valence-corrected chi connectivity index (χ4v) is 5.66. The van der Waals surface area contributed by atoms with Crippen molar-refractivity contribution in [3.8, 4) is 11.5 Å². The molecule has 5 nitrogen and oxygen atoms in total. The molecular formula is C28H37N3O2. The SMILES string of the molecule is CCc1cc(C2c3[nH]c4ccc(O)cc4c3CCN2C)ccc1OCCCN1CCCCC1. The van der Waals surface area contributed by atoms with Crippen LogP contribution in [0.5, 0.6) is 11.5 Å². The van der Waals surface area contributed by atoms with Crippen molar-refractivity contribution < 1.29 is 9.84 Å². The zero-order chi connectivity index (χ0) is 22.8. The van der Waals surface area contributed by atoms with Crippen LogP contribution < -0.4 is 4.74 Å². The highest BCUT2D eigenvalue weighted by atomic mass is 16.5. The molecule has 0 spiro atoms. The predicted molar refractivity (Wildman–Crippen MR) is 134 cm³/mol. The number of H-pyrrole nitrogens is 1. The highest BCUT2D eigenvalue weighted by Crippen LogP contribution is 2.39. The second-order valence-electron chi connectivity index (χ2n) is 9.71. The lowest BCUT2D eigenvalue weighted by atomic mass is 9.91. The molecule has 1 atom stereocenters. The summed E-state index contributed by atoms with van der Waals surface area (Å²) < 4.78 is 6.24. The van der Waals surface area contributed by atoms with E-state index in [1.165, 1.54) is 54.7 Å². The molecule has 2 aromatic carbocycles. The smallest absolute Gasteiger partial charge is 0.122 e. The molecule has 1 fully saturated rings. The number of ether oxygens (including phenoxy) is 1. The highest BCUT2D eigenvalue weighted by molar-refractivity contribution is 5.86. The second-order valence-corrected chi connectivity index (χ2v) is 9.71. The average Bonchev–Trinajstić information content (AvgIpc) is 3.20. The zero-order valence-electron chi connectivity index (χ0n) is 20.1. The largest absolute Gasteiger partial charge is 0.508 e. The van der Waals surface area contributed by atoms with E-state index in [9.17, 15) is 5.11 Å². The van der Waals surface area contributed by atoms with E-state index in [2.05, 4.69) is 47.0 Å². The first-order valence-electron chi connectivity index (χ1n) is 12.7. The topological polar surface area (TPSA) is 51.7 Å². The van der Waals surface area contributed by atoms with Crippen molar-refractivity contribution in [3.63, 3.8) is 0 Å². The van der Waals surface area contributed by atoms with Gasteiger partial charge in [-0.2, -0.15) is 0 Å². The molecule has 0 aliphatic carbocycles. The molecule has 3 aromatic rings. The number of nitrogens with one attached hydrogen (secondary N) is 1. The minimum absolute atomic E-state index is 0.182. The van der Waals surface area contributed by atoms with Crippen LogP contribution in [0.3, 0.4) is 0 Å². The lowest BCUT2D eigenvalue weighted by Crippen LogP contribution is -2.32. The fraction of sp³-hybridized carbons (Fsp3) is 0.500. The molecule has 1 saturated heterocycles. The number of aromatic amines is 1. The Morgan fingerprint density at radius 1 is 1.06 bits per heavy atom. The number of likely N-dealkylation sites (tertiary alicyclic amines) is 1. The van der Waals surface area contributed by atoms with Gasteiger partial charge in [-0.3, -0.25) is 4.90 Å². The van der Waals surface area contributed by atoms with Gasteiger partial charge in [0.25, 0.3) is 0 Å². The minimum atomic E-state index is 0.182. The van der Waals surface area contributed by atoms with E-state index in [4.69, 9.17) is 4.74 Å². The van der Waals surface area contributed by atoms with Crippen LogP contribution in [0.25, 0.3) is 10.9 Å². The van der Waals surface area contributed by atoms with Crippen LogP contribution in [0.4, 0.5) is 0 Å². The van der Waals surface area contributed by atoms with E-state index in [0.717, 1.165) is 55.6 Å². The number of aryl methyl sites for hydroxylation is 1. The third-order valence-electron chi connectivity index (χ3n) is 7.46. The number of phenols is 1. The van der Waals surface area contributed by atoms with Gasteiger partial charge in [0, 0.05) is 29.7 Å². The van der Waals surface area contributed by atoms with Gasteiger partial charge in [0.15, 0.2) is 0 Å². The Hall–Kier alpha value is -2.50. The highest BCUT2D eigenvalue weighted by Gasteiger charge is 2.30. The van der Waals surface area contributed by atoms with Gasteiger partial charge in [-0.25, -0.2) is 0 Å². The first-order valence-corrected chi connectivity index (χ1v) is 12.7. The fourth-order valence-electron chi connectivity index (χ4n) is 5.66. The number of fused-ring (bicyclic) bond motifs is 3. The van der Waals surface area contributed by atoms with Crippen LogP contribution in [-0.2, 0) is 12.8 Å². The predicted octanol–water partition coefficient (Wildman–Crippen LogP) is 5.27. The molecular weight excluding hydrogens is 410 g/mol. The Labute approximate surface area is 197 Å². The summed E-state index contributed by atoms with van der Waals surface area (Å²) in [4.78, 5) is 8.66.